The number of ketones is 1. The number of furan rings is 1. The summed E-state index contributed by atoms with van der Waals surface area (Å²) in [4.78, 5) is 31.1. The Balaban J connectivity index is 1.53. The molecule has 2 N–H and O–H groups in total. The molecule has 0 aliphatic carbocycles. The van der Waals surface area contributed by atoms with Crippen LogP contribution in [0, 0.1) is 0 Å². The summed E-state index contributed by atoms with van der Waals surface area (Å²) in [5, 5.41) is 12.5. The van der Waals surface area contributed by atoms with Crippen LogP contribution in [0.3, 0.4) is 0 Å². The van der Waals surface area contributed by atoms with E-state index in [-0.39, 0.29) is 22.9 Å². The molecule has 7 nitrogen and oxygen atoms in total. The van der Waals surface area contributed by atoms with E-state index >= 15 is 0 Å². The summed E-state index contributed by atoms with van der Waals surface area (Å²) in [5.41, 5.74) is 2.28. The first-order valence-electron chi connectivity index (χ1n) is 10.8. The SMILES string of the molecule is COc1ccc2[nH]cc(CCN3C(=O)C(O)=C(C(=O)c4ccco4)[C@@H]3c3ccc(Cl)cc3Cl)c2c1. The maximum absolute atomic E-state index is 13.3. The lowest BCUT2D eigenvalue weighted by Gasteiger charge is -2.27. The van der Waals surface area contributed by atoms with Gasteiger partial charge >= 0.3 is 0 Å². The number of carbonyl (C=O) groups is 2. The Morgan fingerprint density at radius 3 is 2.74 bits per heavy atom. The molecule has 35 heavy (non-hydrogen) atoms. The van der Waals surface area contributed by atoms with E-state index in [2.05, 4.69) is 4.98 Å². The molecular formula is C26H20Cl2N2O5. The Hall–Kier alpha value is -3.68. The zero-order valence-electron chi connectivity index (χ0n) is 18.5. The first kappa shape index (κ1) is 23.1. The number of aromatic amines is 1. The first-order chi connectivity index (χ1) is 16.9. The number of benzene rings is 2. The van der Waals surface area contributed by atoms with Crippen LogP contribution in [-0.4, -0.2) is 40.3 Å². The van der Waals surface area contributed by atoms with E-state index in [1.807, 2.05) is 24.4 Å². The number of halogens is 2. The van der Waals surface area contributed by atoms with Crippen LogP contribution >= 0.6 is 23.2 Å². The molecule has 2 aromatic heterocycles. The summed E-state index contributed by atoms with van der Waals surface area (Å²) in [6.07, 6.45) is 3.68. The summed E-state index contributed by atoms with van der Waals surface area (Å²) in [6.45, 7) is 0.214. The summed E-state index contributed by atoms with van der Waals surface area (Å²) in [5.74, 6) is -1.14. The van der Waals surface area contributed by atoms with Crippen LogP contribution in [0.5, 0.6) is 5.75 Å². The maximum atomic E-state index is 13.3. The van der Waals surface area contributed by atoms with E-state index < -0.39 is 23.5 Å². The van der Waals surface area contributed by atoms with Gasteiger partial charge in [0.1, 0.15) is 5.75 Å². The van der Waals surface area contributed by atoms with Gasteiger partial charge in [-0.15, -0.1) is 0 Å². The van der Waals surface area contributed by atoms with E-state index in [4.69, 9.17) is 32.4 Å². The molecular weight excluding hydrogens is 491 g/mol. The Labute approximate surface area is 210 Å². The number of Topliss-reactive ketones (excluding diaryl/α,β-unsaturated/α-hetero) is 1. The first-order valence-corrected chi connectivity index (χ1v) is 11.6. The van der Waals surface area contributed by atoms with Crippen LogP contribution in [-0.2, 0) is 11.2 Å². The number of carbonyl (C=O) groups excluding carboxylic acids is 2. The minimum absolute atomic E-state index is 0.0139. The van der Waals surface area contributed by atoms with E-state index in [0.29, 0.717) is 22.8 Å². The van der Waals surface area contributed by atoms with Crippen molar-refractivity contribution in [2.45, 2.75) is 12.5 Å². The van der Waals surface area contributed by atoms with Gasteiger partial charge in [-0.3, -0.25) is 9.59 Å². The predicted molar refractivity (Wildman–Crippen MR) is 132 cm³/mol. The second kappa shape index (κ2) is 9.17. The summed E-state index contributed by atoms with van der Waals surface area (Å²) in [6, 6.07) is 12.7. The minimum atomic E-state index is -0.912. The Bertz CT molecular complexity index is 1470. The molecule has 1 aliphatic heterocycles. The van der Waals surface area contributed by atoms with Crippen molar-refractivity contribution >= 4 is 45.8 Å². The van der Waals surface area contributed by atoms with E-state index in [1.54, 1.807) is 25.3 Å². The highest BCUT2D eigenvalue weighted by atomic mass is 35.5. The third kappa shape index (κ3) is 4.07. The van der Waals surface area contributed by atoms with Crippen LogP contribution in [0.1, 0.15) is 27.7 Å². The number of methoxy groups -OCH3 is 1. The van der Waals surface area contributed by atoms with Crippen molar-refractivity contribution in [2.24, 2.45) is 0 Å². The highest BCUT2D eigenvalue weighted by Crippen LogP contribution is 2.42. The second-order valence-corrected chi connectivity index (χ2v) is 8.95. The molecule has 0 fully saturated rings. The van der Waals surface area contributed by atoms with Gasteiger partial charge in [0, 0.05) is 33.7 Å². The molecule has 0 saturated heterocycles. The number of nitrogens with zero attached hydrogens (tertiary/aromatic N) is 1. The molecule has 0 bridgehead atoms. The molecule has 1 amide bonds. The topological polar surface area (TPSA) is 95.8 Å². The number of aromatic nitrogens is 1. The van der Waals surface area contributed by atoms with Gasteiger partial charge in [-0.05, 0) is 60.0 Å². The van der Waals surface area contributed by atoms with Crippen molar-refractivity contribution < 1.29 is 23.8 Å². The Kier molecular flexibility index (Phi) is 6.05. The third-order valence-corrected chi connectivity index (χ3v) is 6.71. The van der Waals surface area contributed by atoms with Crippen LogP contribution in [0.2, 0.25) is 10.0 Å². The van der Waals surface area contributed by atoms with Gasteiger partial charge in [-0.25, -0.2) is 0 Å². The largest absolute Gasteiger partial charge is 0.503 e. The average Bonchev–Trinajstić information content (AvgIpc) is 3.57. The van der Waals surface area contributed by atoms with Crippen molar-refractivity contribution in [1.82, 2.24) is 9.88 Å². The normalized spacial score (nSPS) is 15.9. The van der Waals surface area contributed by atoms with Crippen LogP contribution in [0.25, 0.3) is 10.9 Å². The van der Waals surface area contributed by atoms with Crippen molar-refractivity contribution in [2.75, 3.05) is 13.7 Å². The maximum Gasteiger partial charge on any atom is 0.290 e. The summed E-state index contributed by atoms with van der Waals surface area (Å²) >= 11 is 12.6. The van der Waals surface area contributed by atoms with Crippen molar-refractivity contribution in [3.05, 3.63) is 99.3 Å². The number of nitrogens with one attached hydrogen (secondary N) is 1. The number of hydrogen-bond donors (Lipinski definition) is 2. The highest BCUT2D eigenvalue weighted by Gasteiger charge is 2.45. The summed E-state index contributed by atoms with van der Waals surface area (Å²) < 4.78 is 10.6. The lowest BCUT2D eigenvalue weighted by Crippen LogP contribution is -2.33. The number of rotatable bonds is 7. The van der Waals surface area contributed by atoms with Gasteiger partial charge in [0.25, 0.3) is 5.91 Å². The predicted octanol–water partition coefficient (Wildman–Crippen LogP) is 5.90. The number of fused-ring (bicyclic) bond motifs is 1. The molecule has 1 aliphatic rings. The van der Waals surface area contributed by atoms with Gasteiger partial charge in [-0.1, -0.05) is 29.3 Å². The molecule has 3 heterocycles. The van der Waals surface area contributed by atoms with E-state index in [0.717, 1.165) is 16.5 Å². The van der Waals surface area contributed by atoms with Crippen LogP contribution < -0.4 is 4.74 Å². The quantitative estimate of drug-likeness (QED) is 0.302. The Morgan fingerprint density at radius 2 is 2.03 bits per heavy atom. The Morgan fingerprint density at radius 1 is 1.20 bits per heavy atom. The fraction of sp³-hybridized carbons (Fsp3) is 0.154. The van der Waals surface area contributed by atoms with Gasteiger partial charge in [-0.2, -0.15) is 0 Å². The number of aliphatic hydroxyl groups is 1. The molecule has 2 aromatic carbocycles. The zero-order valence-corrected chi connectivity index (χ0v) is 20.1. The van der Waals surface area contributed by atoms with Crippen LogP contribution in [0.4, 0.5) is 0 Å². The number of ether oxygens (including phenoxy) is 1. The van der Waals surface area contributed by atoms with Gasteiger partial charge < -0.3 is 24.1 Å². The van der Waals surface area contributed by atoms with Gasteiger partial charge in [0.05, 0.1) is 25.0 Å². The second-order valence-electron chi connectivity index (χ2n) is 8.11. The zero-order chi connectivity index (χ0) is 24.7. The van der Waals surface area contributed by atoms with E-state index in [1.165, 1.54) is 23.3 Å². The summed E-state index contributed by atoms with van der Waals surface area (Å²) in [7, 11) is 1.60. The molecule has 178 valence electrons. The number of H-pyrrole nitrogens is 1. The average molecular weight is 511 g/mol. The van der Waals surface area contributed by atoms with Crippen molar-refractivity contribution in [3.63, 3.8) is 0 Å². The lowest BCUT2D eigenvalue weighted by atomic mass is 9.94. The molecule has 0 radical (unpaired) electrons. The van der Waals surface area contributed by atoms with Gasteiger partial charge in [0.15, 0.2) is 11.5 Å². The number of hydrogen-bond acceptors (Lipinski definition) is 5. The molecule has 5 rings (SSSR count). The molecule has 0 unspecified atom stereocenters. The molecule has 0 saturated carbocycles. The highest BCUT2D eigenvalue weighted by molar-refractivity contribution is 6.35. The number of amides is 1. The fourth-order valence-electron chi connectivity index (χ4n) is 4.44. The lowest BCUT2D eigenvalue weighted by molar-refractivity contribution is -0.129. The van der Waals surface area contributed by atoms with Crippen LogP contribution in [0.15, 0.2) is 76.7 Å². The molecule has 9 heteroatoms. The van der Waals surface area contributed by atoms with E-state index in [9.17, 15) is 14.7 Å². The standard InChI is InChI=1S/C26H20Cl2N2O5/c1-34-16-5-7-20-18(12-16)14(13-29-20)8-9-30-23(17-6-4-15(27)11-19(17)28)22(25(32)26(30)33)24(31)21-3-2-10-35-21/h2-7,10-13,23,29,32H,8-9H2,1H3/t23-/m0/s1. The molecule has 1 atom stereocenters. The van der Waals surface area contributed by atoms with Gasteiger partial charge in [0.2, 0.25) is 5.78 Å². The fourth-order valence-corrected chi connectivity index (χ4v) is 4.95. The monoisotopic (exact) mass is 510 g/mol. The number of aliphatic hydroxyl groups excluding tert-OH is 1. The third-order valence-electron chi connectivity index (χ3n) is 6.15. The molecule has 0 spiro atoms. The van der Waals surface area contributed by atoms with Crippen molar-refractivity contribution in [3.8, 4) is 5.75 Å². The molecule has 4 aromatic rings. The minimum Gasteiger partial charge on any atom is -0.503 e. The smallest absolute Gasteiger partial charge is 0.290 e. The van der Waals surface area contributed by atoms with Crippen molar-refractivity contribution in [1.29, 1.82) is 0 Å².